The number of hydrazine groups is 1. The average Bonchev–Trinajstić information content (AvgIpc) is 3.11. The summed E-state index contributed by atoms with van der Waals surface area (Å²) in [6.45, 7) is 1.67. The lowest BCUT2D eigenvalue weighted by atomic mass is 9.95. The van der Waals surface area contributed by atoms with Crippen LogP contribution in [0.3, 0.4) is 0 Å². The summed E-state index contributed by atoms with van der Waals surface area (Å²) in [5.41, 5.74) is 6.27. The predicted octanol–water partition coefficient (Wildman–Crippen LogP) is 4.72. The van der Waals surface area contributed by atoms with E-state index in [1.165, 1.54) is 23.7 Å². The largest absolute Gasteiger partial charge is 0.451 e. The van der Waals surface area contributed by atoms with E-state index in [9.17, 15) is 18.0 Å². The molecule has 0 unspecified atom stereocenters. The van der Waals surface area contributed by atoms with Crippen LogP contribution in [0.1, 0.15) is 15.9 Å². The van der Waals surface area contributed by atoms with Gasteiger partial charge in [0.25, 0.3) is 15.9 Å². The molecule has 1 saturated heterocycles. The smallest absolute Gasteiger partial charge is 0.433 e. The lowest BCUT2D eigenvalue weighted by Crippen LogP contribution is -2.49. The highest BCUT2D eigenvalue weighted by Gasteiger charge is 2.31. The van der Waals surface area contributed by atoms with E-state index in [1.807, 2.05) is 60.7 Å². The maximum atomic E-state index is 14.3. The molecule has 5 aromatic rings. The van der Waals surface area contributed by atoms with E-state index in [-0.39, 0.29) is 18.1 Å². The molecule has 1 N–H and O–H groups in total. The molecule has 0 radical (unpaired) electrons. The number of nitrogens with one attached hydrogen (secondary N) is 1. The molecule has 2 aromatic heterocycles. The van der Waals surface area contributed by atoms with Crippen molar-refractivity contribution in [1.82, 2.24) is 24.6 Å². The van der Waals surface area contributed by atoms with Crippen molar-refractivity contribution >= 4 is 38.6 Å². The summed E-state index contributed by atoms with van der Waals surface area (Å²) in [5.74, 6) is -0.517. The Morgan fingerprint density at radius 2 is 1.50 bits per heavy atom. The van der Waals surface area contributed by atoms with Gasteiger partial charge in [0.1, 0.15) is 0 Å². The van der Waals surface area contributed by atoms with Crippen LogP contribution in [-0.2, 0) is 21.3 Å². The zero-order valence-corrected chi connectivity index (χ0v) is 25.9. The summed E-state index contributed by atoms with van der Waals surface area (Å²) in [6.07, 6.45) is 0.708. The molecule has 3 aromatic carbocycles. The SMILES string of the molecule is COC(=O)N(NC(=O)c1c(CN2CCN(S(=O)(=O)c3ccccn3)CC2)c(-c2ccccc2)nc2ccccc12)c1ccccc1. The zero-order valence-electron chi connectivity index (χ0n) is 25.1. The minimum Gasteiger partial charge on any atom is -0.451 e. The first-order valence-corrected chi connectivity index (χ1v) is 16.2. The highest BCUT2D eigenvalue weighted by atomic mass is 32.2. The molecule has 1 aliphatic heterocycles. The molecule has 234 valence electrons. The first kappa shape index (κ1) is 30.8. The summed E-state index contributed by atoms with van der Waals surface area (Å²) in [6, 6.07) is 30.5. The predicted molar refractivity (Wildman–Crippen MR) is 174 cm³/mol. The number of anilines is 1. The molecular weight excluding hydrogens is 604 g/mol. The Bertz CT molecular complexity index is 1950. The number of methoxy groups -OCH3 is 1. The number of carbonyl (C=O) groups is 2. The third kappa shape index (κ3) is 6.31. The van der Waals surface area contributed by atoms with Crippen LogP contribution in [0.25, 0.3) is 22.2 Å². The van der Waals surface area contributed by atoms with E-state index in [1.54, 1.807) is 36.4 Å². The lowest BCUT2D eigenvalue weighted by Gasteiger charge is -2.34. The molecular formula is C34H32N6O5S. The van der Waals surface area contributed by atoms with Crippen LogP contribution in [0.2, 0.25) is 0 Å². The van der Waals surface area contributed by atoms with E-state index in [2.05, 4.69) is 15.3 Å². The van der Waals surface area contributed by atoms with Crippen molar-refractivity contribution in [2.75, 3.05) is 38.3 Å². The number of ether oxygens (including phenoxy) is 1. The average molecular weight is 637 g/mol. The Balaban J connectivity index is 1.39. The highest BCUT2D eigenvalue weighted by Crippen LogP contribution is 2.32. The van der Waals surface area contributed by atoms with Gasteiger partial charge in [-0.15, -0.1) is 0 Å². The number of pyridine rings is 2. The Morgan fingerprint density at radius 3 is 2.17 bits per heavy atom. The summed E-state index contributed by atoms with van der Waals surface area (Å²) in [7, 11) is -2.49. The number of aromatic nitrogens is 2. The molecule has 0 aliphatic carbocycles. The van der Waals surface area contributed by atoms with E-state index in [0.29, 0.717) is 53.0 Å². The van der Waals surface area contributed by atoms with Gasteiger partial charge in [0.15, 0.2) is 5.03 Å². The molecule has 1 fully saturated rings. The second-order valence-electron chi connectivity index (χ2n) is 10.6. The van der Waals surface area contributed by atoms with Crippen LogP contribution >= 0.6 is 0 Å². The Morgan fingerprint density at radius 1 is 0.848 bits per heavy atom. The van der Waals surface area contributed by atoms with E-state index >= 15 is 0 Å². The van der Waals surface area contributed by atoms with Crippen molar-refractivity contribution in [3.8, 4) is 11.3 Å². The lowest BCUT2D eigenvalue weighted by molar-refractivity contribution is 0.0940. The van der Waals surface area contributed by atoms with Crippen molar-refractivity contribution in [3.05, 3.63) is 120 Å². The minimum absolute atomic E-state index is 0.0149. The standard InChI is InChI=1S/C34H32N6O5S/c1-45-34(42)40(26-14-6-3-7-15-26)37-33(41)31-27-16-8-9-17-29(27)36-32(25-12-4-2-5-13-25)28(31)24-38-20-22-39(23-21-38)46(43,44)30-18-10-11-19-35-30/h2-19H,20-24H2,1H3,(H,37,41). The van der Waals surface area contributed by atoms with Gasteiger partial charge in [-0.25, -0.2) is 23.2 Å². The normalized spacial score (nSPS) is 14.1. The van der Waals surface area contributed by atoms with E-state index in [4.69, 9.17) is 9.72 Å². The third-order valence-corrected chi connectivity index (χ3v) is 9.62. The molecule has 46 heavy (non-hydrogen) atoms. The number of rotatable bonds is 7. The minimum atomic E-state index is -3.74. The van der Waals surface area contributed by atoms with Gasteiger partial charge in [0.05, 0.1) is 29.6 Å². The second-order valence-corrected chi connectivity index (χ2v) is 12.5. The number of carbonyl (C=O) groups excluding carboxylic acids is 2. The monoisotopic (exact) mass is 636 g/mol. The topological polar surface area (TPSA) is 125 Å². The molecule has 3 heterocycles. The van der Waals surface area contributed by atoms with Gasteiger partial charge in [0.2, 0.25) is 0 Å². The van der Waals surface area contributed by atoms with Gasteiger partial charge in [-0.1, -0.05) is 72.8 Å². The molecule has 12 heteroatoms. The number of nitrogens with zero attached hydrogens (tertiary/aromatic N) is 5. The van der Waals surface area contributed by atoms with Crippen LogP contribution < -0.4 is 10.4 Å². The molecule has 0 atom stereocenters. The second kappa shape index (κ2) is 13.4. The van der Waals surface area contributed by atoms with Crippen molar-refractivity contribution in [2.24, 2.45) is 0 Å². The maximum Gasteiger partial charge on any atom is 0.433 e. The van der Waals surface area contributed by atoms with Gasteiger partial charge in [-0.2, -0.15) is 9.31 Å². The number of fused-ring (bicyclic) bond motifs is 1. The van der Waals surface area contributed by atoms with Crippen LogP contribution in [0.5, 0.6) is 0 Å². The van der Waals surface area contributed by atoms with Crippen molar-refractivity contribution in [2.45, 2.75) is 11.6 Å². The fraction of sp³-hybridized carbons (Fsp3) is 0.176. The summed E-state index contributed by atoms with van der Waals surface area (Å²) in [4.78, 5) is 38.4. The molecule has 6 rings (SSSR count). The highest BCUT2D eigenvalue weighted by molar-refractivity contribution is 7.89. The van der Waals surface area contributed by atoms with E-state index < -0.39 is 22.0 Å². The molecule has 0 saturated carbocycles. The van der Waals surface area contributed by atoms with Gasteiger partial charge < -0.3 is 4.74 Å². The first-order chi connectivity index (χ1) is 22.4. The van der Waals surface area contributed by atoms with Crippen LogP contribution in [-0.4, -0.2) is 72.9 Å². The van der Waals surface area contributed by atoms with Crippen molar-refractivity contribution in [3.63, 3.8) is 0 Å². The molecule has 1 aliphatic rings. The van der Waals surface area contributed by atoms with Crippen LogP contribution in [0.4, 0.5) is 10.5 Å². The molecule has 0 spiro atoms. The van der Waals surface area contributed by atoms with Crippen LogP contribution in [0.15, 0.2) is 114 Å². The summed E-state index contributed by atoms with van der Waals surface area (Å²) >= 11 is 0. The Labute approximate surface area is 267 Å². The maximum absolute atomic E-state index is 14.3. The summed E-state index contributed by atoms with van der Waals surface area (Å²) in [5, 5.41) is 1.70. The number of piperazine rings is 1. The number of sulfonamides is 1. The summed E-state index contributed by atoms with van der Waals surface area (Å²) < 4.78 is 32.9. The first-order valence-electron chi connectivity index (χ1n) is 14.7. The quantitative estimate of drug-likeness (QED) is 0.255. The number of hydrogen-bond donors (Lipinski definition) is 1. The van der Waals surface area contributed by atoms with Gasteiger partial charge in [-0.3, -0.25) is 15.1 Å². The number of benzene rings is 3. The van der Waals surface area contributed by atoms with Crippen molar-refractivity contribution in [1.29, 1.82) is 0 Å². The fourth-order valence-corrected chi connectivity index (χ4v) is 6.88. The molecule has 2 amide bonds. The molecule has 0 bridgehead atoms. The zero-order chi connectivity index (χ0) is 32.1. The van der Waals surface area contributed by atoms with Gasteiger partial charge in [0, 0.05) is 55.4 Å². The number of amides is 2. The fourth-order valence-electron chi connectivity index (χ4n) is 5.52. The Hall–Kier alpha value is -5.17. The Kier molecular flexibility index (Phi) is 9.01. The van der Waals surface area contributed by atoms with Crippen LogP contribution in [0, 0.1) is 0 Å². The van der Waals surface area contributed by atoms with Crippen molar-refractivity contribution < 1.29 is 22.7 Å². The van der Waals surface area contributed by atoms with Gasteiger partial charge >= 0.3 is 6.09 Å². The third-order valence-electron chi connectivity index (χ3n) is 7.81. The molecule has 11 nitrogen and oxygen atoms in total. The van der Waals surface area contributed by atoms with E-state index in [0.717, 1.165) is 10.6 Å². The van der Waals surface area contributed by atoms with Gasteiger partial charge in [-0.05, 0) is 30.3 Å². The number of hydrogen-bond acceptors (Lipinski definition) is 8. The number of para-hydroxylation sites is 2.